The maximum atomic E-state index is 12.8. The SMILES string of the molecule is COc1ccncc1NC(=O)[C@H]1CCCN1Cc1cccc2c1OCO2. The lowest BCUT2D eigenvalue weighted by molar-refractivity contribution is -0.120. The van der Waals surface area contributed by atoms with Crippen LogP contribution in [-0.2, 0) is 11.3 Å². The van der Waals surface area contributed by atoms with Crippen LogP contribution in [0, 0.1) is 0 Å². The highest BCUT2D eigenvalue weighted by atomic mass is 16.7. The highest BCUT2D eigenvalue weighted by Gasteiger charge is 2.32. The summed E-state index contributed by atoms with van der Waals surface area (Å²) < 4.78 is 16.3. The van der Waals surface area contributed by atoms with E-state index >= 15 is 0 Å². The van der Waals surface area contributed by atoms with Crippen LogP contribution in [0.15, 0.2) is 36.7 Å². The molecular weight excluding hydrogens is 334 g/mol. The Balaban J connectivity index is 1.48. The van der Waals surface area contributed by atoms with Crippen LogP contribution in [0.5, 0.6) is 17.2 Å². The predicted octanol–water partition coefficient (Wildman–Crippen LogP) is 2.42. The van der Waals surface area contributed by atoms with E-state index < -0.39 is 0 Å². The van der Waals surface area contributed by atoms with Gasteiger partial charge in [-0.05, 0) is 25.5 Å². The molecule has 1 aromatic heterocycles. The summed E-state index contributed by atoms with van der Waals surface area (Å²) in [4.78, 5) is 19.1. The summed E-state index contributed by atoms with van der Waals surface area (Å²) in [6.45, 7) is 1.76. The molecule has 26 heavy (non-hydrogen) atoms. The number of aromatic nitrogens is 1. The van der Waals surface area contributed by atoms with Gasteiger partial charge in [-0.15, -0.1) is 0 Å². The van der Waals surface area contributed by atoms with Crippen LogP contribution in [0.4, 0.5) is 5.69 Å². The number of hydrogen-bond donors (Lipinski definition) is 1. The van der Waals surface area contributed by atoms with Crippen molar-refractivity contribution >= 4 is 11.6 Å². The van der Waals surface area contributed by atoms with Gasteiger partial charge >= 0.3 is 0 Å². The van der Waals surface area contributed by atoms with E-state index in [9.17, 15) is 4.79 Å². The molecule has 1 atom stereocenters. The normalized spacial score (nSPS) is 18.7. The zero-order chi connectivity index (χ0) is 17.9. The highest BCUT2D eigenvalue weighted by molar-refractivity contribution is 5.96. The largest absolute Gasteiger partial charge is 0.494 e. The summed E-state index contributed by atoms with van der Waals surface area (Å²) in [6, 6.07) is 7.40. The molecule has 0 saturated carbocycles. The average molecular weight is 355 g/mol. The summed E-state index contributed by atoms with van der Waals surface area (Å²) in [6.07, 6.45) is 5.04. The van der Waals surface area contributed by atoms with Gasteiger partial charge < -0.3 is 19.5 Å². The number of amides is 1. The summed E-state index contributed by atoms with van der Waals surface area (Å²) in [5.74, 6) is 2.11. The van der Waals surface area contributed by atoms with Gasteiger partial charge in [0.15, 0.2) is 11.5 Å². The summed E-state index contributed by atoms with van der Waals surface area (Å²) >= 11 is 0. The summed E-state index contributed by atoms with van der Waals surface area (Å²) in [5.41, 5.74) is 1.63. The summed E-state index contributed by atoms with van der Waals surface area (Å²) in [7, 11) is 1.57. The van der Waals surface area contributed by atoms with Crippen molar-refractivity contribution in [3.63, 3.8) is 0 Å². The molecule has 2 aliphatic rings. The fourth-order valence-electron chi connectivity index (χ4n) is 3.52. The van der Waals surface area contributed by atoms with Crippen molar-refractivity contribution in [1.29, 1.82) is 0 Å². The number of rotatable bonds is 5. The second kappa shape index (κ2) is 7.21. The molecule has 0 radical (unpaired) electrons. The molecule has 3 heterocycles. The maximum absolute atomic E-state index is 12.8. The highest BCUT2D eigenvalue weighted by Crippen LogP contribution is 2.37. The van der Waals surface area contributed by atoms with E-state index in [4.69, 9.17) is 14.2 Å². The lowest BCUT2D eigenvalue weighted by Crippen LogP contribution is -2.39. The quantitative estimate of drug-likeness (QED) is 0.888. The molecule has 2 aliphatic heterocycles. The molecule has 2 aromatic rings. The Morgan fingerprint density at radius 1 is 1.38 bits per heavy atom. The zero-order valence-electron chi connectivity index (χ0n) is 14.6. The van der Waals surface area contributed by atoms with Crippen LogP contribution in [0.25, 0.3) is 0 Å². The Bertz CT molecular complexity index is 811. The zero-order valence-corrected chi connectivity index (χ0v) is 14.6. The third-order valence-corrected chi connectivity index (χ3v) is 4.78. The van der Waals surface area contributed by atoms with Gasteiger partial charge in [-0.2, -0.15) is 0 Å². The lowest BCUT2D eigenvalue weighted by atomic mass is 10.1. The van der Waals surface area contributed by atoms with Crippen LogP contribution >= 0.6 is 0 Å². The van der Waals surface area contributed by atoms with Gasteiger partial charge in [0.1, 0.15) is 11.4 Å². The Morgan fingerprint density at radius 2 is 2.31 bits per heavy atom. The van der Waals surface area contributed by atoms with Gasteiger partial charge in [0, 0.05) is 24.4 Å². The number of likely N-dealkylation sites (tertiary alicyclic amines) is 1. The minimum Gasteiger partial charge on any atom is -0.494 e. The third kappa shape index (κ3) is 3.17. The van der Waals surface area contributed by atoms with E-state index in [0.29, 0.717) is 18.0 Å². The monoisotopic (exact) mass is 355 g/mol. The van der Waals surface area contributed by atoms with Gasteiger partial charge in [-0.1, -0.05) is 12.1 Å². The molecule has 1 N–H and O–H groups in total. The molecule has 4 rings (SSSR count). The van der Waals surface area contributed by atoms with Crippen molar-refractivity contribution in [2.45, 2.75) is 25.4 Å². The van der Waals surface area contributed by atoms with Crippen LogP contribution in [0.2, 0.25) is 0 Å². The van der Waals surface area contributed by atoms with E-state index in [-0.39, 0.29) is 18.7 Å². The smallest absolute Gasteiger partial charge is 0.241 e. The molecule has 1 amide bonds. The average Bonchev–Trinajstić information content (AvgIpc) is 3.32. The van der Waals surface area contributed by atoms with Crippen LogP contribution in [0.3, 0.4) is 0 Å². The molecule has 7 nitrogen and oxygen atoms in total. The van der Waals surface area contributed by atoms with Gasteiger partial charge in [0.2, 0.25) is 12.7 Å². The number of benzene rings is 1. The standard InChI is InChI=1S/C19H21N3O4/c1-24-16-7-8-20-10-14(16)21-19(23)15-5-3-9-22(15)11-13-4-2-6-17-18(13)26-12-25-17/h2,4,6-8,10,15H,3,5,9,11-12H2,1H3,(H,21,23)/t15-/m1/s1. The first-order valence-electron chi connectivity index (χ1n) is 8.66. The molecule has 7 heteroatoms. The number of anilines is 1. The number of methoxy groups -OCH3 is 1. The molecule has 136 valence electrons. The lowest BCUT2D eigenvalue weighted by Gasteiger charge is -2.24. The fourth-order valence-corrected chi connectivity index (χ4v) is 3.52. The minimum absolute atomic E-state index is 0.0430. The fraction of sp³-hybridized carbons (Fsp3) is 0.368. The Hall–Kier alpha value is -2.80. The second-order valence-corrected chi connectivity index (χ2v) is 6.34. The molecule has 0 bridgehead atoms. The van der Waals surface area contributed by atoms with Gasteiger partial charge in [-0.3, -0.25) is 14.7 Å². The number of ether oxygens (including phenoxy) is 3. The van der Waals surface area contributed by atoms with Crippen molar-refractivity contribution in [2.75, 3.05) is 25.8 Å². The molecule has 0 aliphatic carbocycles. The molecule has 1 fully saturated rings. The number of pyridine rings is 1. The minimum atomic E-state index is -0.196. The first-order valence-corrected chi connectivity index (χ1v) is 8.66. The Kier molecular flexibility index (Phi) is 4.62. The number of para-hydroxylation sites is 1. The maximum Gasteiger partial charge on any atom is 0.241 e. The van der Waals surface area contributed by atoms with E-state index in [1.807, 2.05) is 18.2 Å². The molecule has 1 aromatic carbocycles. The number of carbonyl (C=O) groups excluding carboxylic acids is 1. The first-order chi connectivity index (χ1) is 12.8. The number of carbonyl (C=O) groups is 1. The van der Waals surface area contributed by atoms with Crippen molar-refractivity contribution < 1.29 is 19.0 Å². The molecule has 0 spiro atoms. The summed E-state index contributed by atoms with van der Waals surface area (Å²) in [5, 5.41) is 2.95. The van der Waals surface area contributed by atoms with E-state index in [2.05, 4.69) is 15.2 Å². The first kappa shape index (κ1) is 16.7. The van der Waals surface area contributed by atoms with Gasteiger partial charge in [0.05, 0.1) is 19.3 Å². The van der Waals surface area contributed by atoms with E-state index in [1.54, 1.807) is 25.6 Å². The number of nitrogens with one attached hydrogen (secondary N) is 1. The topological polar surface area (TPSA) is 72.9 Å². The number of hydrogen-bond acceptors (Lipinski definition) is 6. The second-order valence-electron chi connectivity index (χ2n) is 6.34. The van der Waals surface area contributed by atoms with Crippen molar-refractivity contribution in [3.8, 4) is 17.2 Å². The van der Waals surface area contributed by atoms with E-state index in [1.165, 1.54) is 0 Å². The Morgan fingerprint density at radius 3 is 3.19 bits per heavy atom. The van der Waals surface area contributed by atoms with E-state index in [0.717, 1.165) is 36.4 Å². The van der Waals surface area contributed by atoms with Crippen LogP contribution in [-0.4, -0.2) is 42.3 Å². The van der Waals surface area contributed by atoms with Crippen LogP contribution in [0.1, 0.15) is 18.4 Å². The molecule has 1 saturated heterocycles. The Labute approximate surface area is 151 Å². The van der Waals surface area contributed by atoms with Crippen molar-refractivity contribution in [3.05, 3.63) is 42.2 Å². The van der Waals surface area contributed by atoms with Crippen molar-refractivity contribution in [1.82, 2.24) is 9.88 Å². The van der Waals surface area contributed by atoms with Gasteiger partial charge in [-0.25, -0.2) is 0 Å². The van der Waals surface area contributed by atoms with Gasteiger partial charge in [0.25, 0.3) is 0 Å². The third-order valence-electron chi connectivity index (χ3n) is 4.78. The van der Waals surface area contributed by atoms with Crippen molar-refractivity contribution in [2.24, 2.45) is 0 Å². The predicted molar refractivity (Wildman–Crippen MR) is 95.4 cm³/mol. The van der Waals surface area contributed by atoms with Crippen LogP contribution < -0.4 is 19.5 Å². The number of nitrogens with zero attached hydrogens (tertiary/aromatic N) is 2. The molecule has 0 unspecified atom stereocenters. The molecular formula is C19H21N3O4. The number of fused-ring (bicyclic) bond motifs is 1.